The van der Waals surface area contributed by atoms with Gasteiger partial charge < -0.3 is 9.80 Å². The first kappa shape index (κ1) is 15.5. The first-order valence-electron chi connectivity index (χ1n) is 7.97. The quantitative estimate of drug-likeness (QED) is 0.837. The lowest BCUT2D eigenvalue weighted by Gasteiger charge is -2.39. The Balaban J connectivity index is 1.64. The normalized spacial score (nSPS) is 24.5. The molecule has 2 amide bonds. The van der Waals surface area contributed by atoms with Crippen molar-refractivity contribution in [2.45, 2.75) is 51.0 Å². The number of carbonyl (C=O) groups is 2. The van der Waals surface area contributed by atoms with Gasteiger partial charge in [-0.15, -0.1) is 11.3 Å². The van der Waals surface area contributed by atoms with E-state index in [2.05, 4.69) is 11.9 Å². The van der Waals surface area contributed by atoms with E-state index in [9.17, 15) is 9.59 Å². The van der Waals surface area contributed by atoms with Crippen LogP contribution in [0.4, 0.5) is 0 Å². The average Bonchev–Trinajstić information content (AvgIpc) is 3.19. The SMILES string of the molecule is CC(=O)N1CCCC1C(=O)N1CCC(C)(c2nccs2)CC1. The van der Waals surface area contributed by atoms with Gasteiger partial charge in [0.2, 0.25) is 11.8 Å². The van der Waals surface area contributed by atoms with Crippen molar-refractivity contribution in [3.63, 3.8) is 0 Å². The van der Waals surface area contributed by atoms with Crippen LogP contribution in [0.3, 0.4) is 0 Å². The summed E-state index contributed by atoms with van der Waals surface area (Å²) in [6, 6.07) is -0.235. The molecule has 2 aliphatic rings. The number of hydrogen-bond acceptors (Lipinski definition) is 4. The van der Waals surface area contributed by atoms with Gasteiger partial charge in [0.1, 0.15) is 6.04 Å². The van der Waals surface area contributed by atoms with Crippen LogP contribution in [0.2, 0.25) is 0 Å². The van der Waals surface area contributed by atoms with Crippen molar-refractivity contribution in [3.05, 3.63) is 16.6 Å². The molecule has 0 aromatic carbocycles. The molecule has 1 unspecified atom stereocenters. The maximum Gasteiger partial charge on any atom is 0.245 e. The smallest absolute Gasteiger partial charge is 0.245 e. The molecule has 0 radical (unpaired) electrons. The topological polar surface area (TPSA) is 53.5 Å². The Morgan fingerprint density at radius 2 is 2.05 bits per heavy atom. The highest BCUT2D eigenvalue weighted by molar-refractivity contribution is 7.09. The van der Waals surface area contributed by atoms with E-state index in [-0.39, 0.29) is 23.3 Å². The predicted molar refractivity (Wildman–Crippen MR) is 85.7 cm³/mol. The van der Waals surface area contributed by atoms with Crippen molar-refractivity contribution in [3.8, 4) is 0 Å². The lowest BCUT2D eigenvalue weighted by atomic mass is 9.81. The van der Waals surface area contributed by atoms with Gasteiger partial charge in [-0.05, 0) is 25.7 Å². The molecule has 22 heavy (non-hydrogen) atoms. The number of carbonyl (C=O) groups excluding carboxylic acids is 2. The fraction of sp³-hybridized carbons (Fsp3) is 0.688. The van der Waals surface area contributed by atoms with Crippen molar-refractivity contribution in [2.24, 2.45) is 0 Å². The number of piperidine rings is 1. The Hall–Kier alpha value is -1.43. The Morgan fingerprint density at radius 1 is 1.32 bits per heavy atom. The van der Waals surface area contributed by atoms with Gasteiger partial charge in [-0.1, -0.05) is 6.92 Å². The third-order valence-corrected chi connectivity index (χ3v) is 6.15. The molecular weight excluding hydrogens is 298 g/mol. The van der Waals surface area contributed by atoms with Crippen molar-refractivity contribution in [2.75, 3.05) is 19.6 Å². The van der Waals surface area contributed by atoms with Gasteiger partial charge >= 0.3 is 0 Å². The summed E-state index contributed by atoms with van der Waals surface area (Å²) in [7, 11) is 0. The number of aromatic nitrogens is 1. The highest BCUT2D eigenvalue weighted by atomic mass is 32.1. The van der Waals surface area contributed by atoms with Crippen LogP contribution in [0.1, 0.15) is 44.5 Å². The van der Waals surface area contributed by atoms with E-state index in [1.54, 1.807) is 23.2 Å². The molecule has 120 valence electrons. The Labute approximate surface area is 135 Å². The van der Waals surface area contributed by atoms with Crippen LogP contribution < -0.4 is 0 Å². The number of likely N-dealkylation sites (tertiary alicyclic amines) is 2. The number of rotatable bonds is 2. The minimum Gasteiger partial charge on any atom is -0.341 e. The van der Waals surface area contributed by atoms with Crippen LogP contribution in [0.5, 0.6) is 0 Å². The minimum absolute atomic E-state index is 0.0143. The molecule has 3 heterocycles. The molecule has 5 nitrogen and oxygen atoms in total. The van der Waals surface area contributed by atoms with E-state index in [4.69, 9.17) is 0 Å². The van der Waals surface area contributed by atoms with Crippen LogP contribution in [-0.4, -0.2) is 52.3 Å². The molecule has 1 aromatic heterocycles. The second-order valence-electron chi connectivity index (χ2n) is 6.59. The van der Waals surface area contributed by atoms with Crippen LogP contribution in [0.15, 0.2) is 11.6 Å². The number of nitrogens with zero attached hydrogens (tertiary/aromatic N) is 3. The van der Waals surface area contributed by atoms with Crippen LogP contribution in [0, 0.1) is 0 Å². The van der Waals surface area contributed by atoms with Crippen molar-refractivity contribution >= 4 is 23.2 Å². The standard InChI is InChI=1S/C16H23N3O2S/c1-12(20)19-8-3-4-13(19)14(21)18-9-5-16(2,6-10-18)15-17-7-11-22-15/h7,11,13H,3-6,8-10H2,1-2H3. The summed E-state index contributed by atoms with van der Waals surface area (Å²) >= 11 is 1.70. The molecule has 0 saturated carbocycles. The third kappa shape index (κ3) is 2.76. The molecule has 3 rings (SSSR count). The zero-order valence-corrected chi connectivity index (χ0v) is 14.1. The lowest BCUT2D eigenvalue weighted by Crippen LogP contribution is -2.51. The maximum atomic E-state index is 12.7. The van der Waals surface area contributed by atoms with Gasteiger partial charge in [0.25, 0.3) is 0 Å². The largest absolute Gasteiger partial charge is 0.341 e. The highest BCUT2D eigenvalue weighted by Crippen LogP contribution is 2.36. The molecule has 0 spiro atoms. The zero-order chi connectivity index (χ0) is 15.7. The molecular formula is C16H23N3O2S. The molecule has 1 atom stereocenters. The van der Waals surface area contributed by atoms with Crippen molar-refractivity contribution < 1.29 is 9.59 Å². The van der Waals surface area contributed by atoms with E-state index in [1.807, 2.05) is 16.5 Å². The van der Waals surface area contributed by atoms with Gasteiger partial charge in [0.15, 0.2) is 0 Å². The van der Waals surface area contributed by atoms with E-state index in [0.29, 0.717) is 0 Å². The molecule has 2 saturated heterocycles. The first-order chi connectivity index (χ1) is 10.5. The molecule has 0 aliphatic carbocycles. The molecule has 1 aromatic rings. The van der Waals surface area contributed by atoms with Gasteiger partial charge in [-0.3, -0.25) is 9.59 Å². The maximum absolute atomic E-state index is 12.7. The zero-order valence-electron chi connectivity index (χ0n) is 13.2. The second-order valence-corrected chi connectivity index (χ2v) is 7.49. The number of amides is 2. The van der Waals surface area contributed by atoms with E-state index in [0.717, 1.165) is 45.3 Å². The van der Waals surface area contributed by atoms with Gasteiger partial charge in [-0.2, -0.15) is 0 Å². The average molecular weight is 321 g/mol. The lowest BCUT2D eigenvalue weighted by molar-refractivity contribution is -0.143. The molecule has 0 N–H and O–H groups in total. The van der Waals surface area contributed by atoms with Crippen LogP contribution >= 0.6 is 11.3 Å². The fourth-order valence-corrected chi connectivity index (χ4v) is 4.43. The highest BCUT2D eigenvalue weighted by Gasteiger charge is 2.39. The van der Waals surface area contributed by atoms with Crippen molar-refractivity contribution in [1.82, 2.24) is 14.8 Å². The van der Waals surface area contributed by atoms with Gasteiger partial charge in [-0.25, -0.2) is 4.98 Å². The predicted octanol–water partition coefficient (Wildman–Crippen LogP) is 2.03. The number of thiazole rings is 1. The summed E-state index contributed by atoms with van der Waals surface area (Å²) in [5.74, 6) is 0.148. The molecule has 6 heteroatoms. The van der Waals surface area contributed by atoms with Crippen LogP contribution in [-0.2, 0) is 15.0 Å². The summed E-state index contributed by atoms with van der Waals surface area (Å²) in [5.41, 5.74) is 0.0842. The van der Waals surface area contributed by atoms with Crippen molar-refractivity contribution in [1.29, 1.82) is 0 Å². The number of hydrogen-bond donors (Lipinski definition) is 0. The monoisotopic (exact) mass is 321 g/mol. The Morgan fingerprint density at radius 3 is 2.64 bits per heavy atom. The Bertz CT molecular complexity index is 550. The summed E-state index contributed by atoms with van der Waals surface area (Å²) in [6.07, 6.45) is 5.48. The summed E-state index contributed by atoms with van der Waals surface area (Å²) in [6.45, 7) is 6.04. The van der Waals surface area contributed by atoms with E-state index < -0.39 is 0 Å². The first-order valence-corrected chi connectivity index (χ1v) is 8.85. The fourth-order valence-electron chi connectivity index (χ4n) is 3.57. The van der Waals surface area contributed by atoms with Gasteiger partial charge in [0.05, 0.1) is 5.01 Å². The summed E-state index contributed by atoms with van der Waals surface area (Å²) in [4.78, 5) is 32.5. The van der Waals surface area contributed by atoms with Crippen LogP contribution in [0.25, 0.3) is 0 Å². The molecule has 2 aliphatic heterocycles. The summed E-state index contributed by atoms with van der Waals surface area (Å²) < 4.78 is 0. The third-order valence-electron chi connectivity index (χ3n) is 5.07. The molecule has 2 fully saturated rings. The minimum atomic E-state index is -0.235. The van der Waals surface area contributed by atoms with E-state index in [1.165, 1.54) is 5.01 Å². The Kier molecular flexibility index (Phi) is 4.21. The van der Waals surface area contributed by atoms with Gasteiger partial charge in [0, 0.05) is 43.5 Å². The molecule has 0 bridgehead atoms. The van der Waals surface area contributed by atoms with E-state index >= 15 is 0 Å². The second kappa shape index (κ2) is 5.99. The summed E-state index contributed by atoms with van der Waals surface area (Å²) in [5, 5.41) is 3.19.